The molecule has 0 fully saturated rings. The van der Waals surface area contributed by atoms with E-state index in [-0.39, 0.29) is 0 Å². The van der Waals surface area contributed by atoms with Crippen molar-refractivity contribution < 1.29 is 0 Å². The summed E-state index contributed by atoms with van der Waals surface area (Å²) >= 11 is 0. The Hall–Kier alpha value is -5.22. The van der Waals surface area contributed by atoms with Crippen LogP contribution in [0.3, 0.4) is 0 Å². The molecule has 202 valence electrons. The molecule has 7 rings (SSSR count). The maximum atomic E-state index is 4.98. The van der Waals surface area contributed by atoms with Gasteiger partial charge in [-0.2, -0.15) is 0 Å². The van der Waals surface area contributed by atoms with Gasteiger partial charge in [0.25, 0.3) is 0 Å². The second-order valence-electron chi connectivity index (χ2n) is 11.0. The van der Waals surface area contributed by atoms with Crippen LogP contribution in [0.25, 0.3) is 66.4 Å². The summed E-state index contributed by atoms with van der Waals surface area (Å²) in [6.45, 7) is 8.44. The molecule has 0 aliphatic heterocycles. The van der Waals surface area contributed by atoms with Gasteiger partial charge in [-0.05, 0) is 107 Å². The molecule has 0 saturated carbocycles. The van der Waals surface area contributed by atoms with Gasteiger partial charge in [0.05, 0.1) is 17.1 Å². The van der Waals surface area contributed by atoms with Crippen molar-refractivity contribution in [1.82, 2.24) is 19.9 Å². The van der Waals surface area contributed by atoms with E-state index in [0.717, 1.165) is 50.5 Å². The van der Waals surface area contributed by atoms with Crippen LogP contribution in [-0.4, -0.2) is 19.9 Å². The minimum absolute atomic E-state index is 0.924. The van der Waals surface area contributed by atoms with Crippen molar-refractivity contribution in [3.8, 4) is 44.9 Å². The zero-order valence-electron chi connectivity index (χ0n) is 24.2. The van der Waals surface area contributed by atoms with Crippen LogP contribution >= 0.6 is 0 Å². The highest BCUT2D eigenvalue weighted by atomic mass is 14.8. The van der Waals surface area contributed by atoms with Crippen LogP contribution in [0.2, 0.25) is 0 Å². The molecule has 0 atom stereocenters. The van der Waals surface area contributed by atoms with Crippen LogP contribution in [0, 0.1) is 27.7 Å². The number of benzene rings is 3. The maximum absolute atomic E-state index is 4.98. The Morgan fingerprint density at radius 2 is 0.952 bits per heavy atom. The predicted molar refractivity (Wildman–Crippen MR) is 173 cm³/mol. The normalized spacial score (nSPS) is 11.3. The molecule has 0 unspecified atom stereocenters. The third kappa shape index (κ3) is 4.24. The Balaban J connectivity index is 1.46. The zero-order chi connectivity index (χ0) is 28.8. The third-order valence-electron chi connectivity index (χ3n) is 8.19. The van der Waals surface area contributed by atoms with Crippen molar-refractivity contribution in [2.45, 2.75) is 27.7 Å². The molecule has 0 spiro atoms. The summed E-state index contributed by atoms with van der Waals surface area (Å²) in [4.78, 5) is 18.9. The molecule has 0 aliphatic rings. The lowest BCUT2D eigenvalue weighted by Gasteiger charge is -2.19. The number of pyridine rings is 4. The van der Waals surface area contributed by atoms with E-state index in [2.05, 4.69) is 104 Å². The number of aryl methyl sites for hydroxylation is 4. The van der Waals surface area contributed by atoms with E-state index in [0.29, 0.717) is 0 Å². The summed E-state index contributed by atoms with van der Waals surface area (Å²) in [5.74, 6) is 0. The second-order valence-corrected chi connectivity index (χ2v) is 11.0. The van der Waals surface area contributed by atoms with E-state index in [1.54, 1.807) is 0 Å². The fraction of sp³-hybridized carbons (Fsp3) is 0.105. The van der Waals surface area contributed by atoms with E-state index in [1.165, 1.54) is 38.2 Å². The number of hydrogen-bond donors (Lipinski definition) is 0. The highest BCUT2D eigenvalue weighted by molar-refractivity contribution is 6.21. The summed E-state index contributed by atoms with van der Waals surface area (Å²) in [5.41, 5.74) is 13.0. The number of rotatable bonds is 4. The molecule has 4 nitrogen and oxygen atoms in total. The van der Waals surface area contributed by atoms with Crippen molar-refractivity contribution in [3.63, 3.8) is 0 Å². The first-order chi connectivity index (χ1) is 20.5. The van der Waals surface area contributed by atoms with Crippen molar-refractivity contribution >= 4 is 21.5 Å². The standard InChI is InChI=1S/C38H30N4/c1-23-15-17-39-22-33(23)36-25(3)18-27(20-41-36)34-29-11-5-7-13-31(29)35(32-14-8-6-12-30(32)34)28-19-26(4)38(42-21-28)37-24(2)10-9-16-40-37/h5-22H,1-4H3. The minimum atomic E-state index is 0.924. The molecule has 4 aromatic heterocycles. The van der Waals surface area contributed by atoms with E-state index in [4.69, 9.17) is 9.97 Å². The molecule has 0 amide bonds. The van der Waals surface area contributed by atoms with Crippen LogP contribution in [0.4, 0.5) is 0 Å². The summed E-state index contributed by atoms with van der Waals surface area (Å²) in [6, 6.07) is 28.0. The van der Waals surface area contributed by atoms with Gasteiger partial charge >= 0.3 is 0 Å². The molecule has 0 aliphatic carbocycles. The molecule has 42 heavy (non-hydrogen) atoms. The number of nitrogens with zero attached hydrogens (tertiary/aromatic N) is 4. The van der Waals surface area contributed by atoms with Crippen LogP contribution in [0.5, 0.6) is 0 Å². The Kier molecular flexibility index (Phi) is 6.32. The molecule has 0 saturated heterocycles. The van der Waals surface area contributed by atoms with Crippen molar-refractivity contribution in [2.24, 2.45) is 0 Å². The van der Waals surface area contributed by atoms with Crippen LogP contribution in [-0.2, 0) is 0 Å². The van der Waals surface area contributed by atoms with Gasteiger partial charge in [0.15, 0.2) is 0 Å². The monoisotopic (exact) mass is 542 g/mol. The molecule has 7 aromatic rings. The minimum Gasteiger partial charge on any atom is -0.264 e. The molecule has 3 aromatic carbocycles. The number of aromatic nitrogens is 4. The van der Waals surface area contributed by atoms with E-state index < -0.39 is 0 Å². The Bertz CT molecular complexity index is 1940. The SMILES string of the molecule is Cc1ccncc1-c1ncc(-c2c3ccccc3c(-c3cnc(-c4ncccc4C)c(C)c3)c3ccccc23)cc1C. The Morgan fingerprint density at radius 1 is 0.429 bits per heavy atom. The summed E-state index contributed by atoms with van der Waals surface area (Å²) in [6.07, 6.45) is 9.57. The van der Waals surface area contributed by atoms with Gasteiger partial charge in [-0.3, -0.25) is 19.9 Å². The molecular weight excluding hydrogens is 512 g/mol. The van der Waals surface area contributed by atoms with E-state index >= 15 is 0 Å². The smallest absolute Gasteiger partial charge is 0.0918 e. The lowest BCUT2D eigenvalue weighted by atomic mass is 9.86. The molecular formula is C38H30N4. The van der Waals surface area contributed by atoms with Gasteiger partial charge in [-0.15, -0.1) is 0 Å². The van der Waals surface area contributed by atoms with Gasteiger partial charge in [0, 0.05) is 47.7 Å². The number of hydrogen-bond acceptors (Lipinski definition) is 4. The lowest BCUT2D eigenvalue weighted by Crippen LogP contribution is -1.97. The largest absolute Gasteiger partial charge is 0.264 e. The topological polar surface area (TPSA) is 51.6 Å². The van der Waals surface area contributed by atoms with Crippen molar-refractivity contribution in [3.05, 3.63) is 132 Å². The summed E-state index contributed by atoms with van der Waals surface area (Å²) in [5, 5.41) is 4.78. The number of fused-ring (bicyclic) bond motifs is 2. The predicted octanol–water partition coefficient (Wildman–Crippen LogP) is 9.47. The van der Waals surface area contributed by atoms with Crippen molar-refractivity contribution in [1.29, 1.82) is 0 Å². The average molecular weight is 543 g/mol. The second kappa shape index (κ2) is 10.3. The van der Waals surface area contributed by atoms with E-state index in [9.17, 15) is 0 Å². The van der Waals surface area contributed by atoms with Crippen LogP contribution < -0.4 is 0 Å². The lowest BCUT2D eigenvalue weighted by molar-refractivity contribution is 1.19. The van der Waals surface area contributed by atoms with Gasteiger partial charge in [0.1, 0.15) is 0 Å². The molecule has 0 N–H and O–H groups in total. The van der Waals surface area contributed by atoms with Gasteiger partial charge in [0.2, 0.25) is 0 Å². The average Bonchev–Trinajstić information content (AvgIpc) is 3.01. The fourth-order valence-electron chi connectivity index (χ4n) is 6.15. The Morgan fingerprint density at radius 3 is 1.45 bits per heavy atom. The quantitative estimate of drug-likeness (QED) is 0.208. The third-order valence-corrected chi connectivity index (χ3v) is 8.19. The first-order valence-electron chi connectivity index (χ1n) is 14.2. The van der Waals surface area contributed by atoms with Crippen molar-refractivity contribution in [2.75, 3.05) is 0 Å². The van der Waals surface area contributed by atoms with Crippen LogP contribution in [0.15, 0.2) is 110 Å². The Labute approximate surface area is 245 Å². The highest BCUT2D eigenvalue weighted by Crippen LogP contribution is 2.44. The highest BCUT2D eigenvalue weighted by Gasteiger charge is 2.19. The first kappa shape index (κ1) is 25.7. The maximum Gasteiger partial charge on any atom is 0.0918 e. The van der Waals surface area contributed by atoms with E-state index in [1.807, 2.05) is 43.1 Å². The zero-order valence-corrected chi connectivity index (χ0v) is 24.2. The first-order valence-corrected chi connectivity index (χ1v) is 14.2. The summed E-state index contributed by atoms with van der Waals surface area (Å²) in [7, 11) is 0. The molecule has 0 bridgehead atoms. The molecule has 0 radical (unpaired) electrons. The fourth-order valence-corrected chi connectivity index (χ4v) is 6.15. The van der Waals surface area contributed by atoms with Crippen LogP contribution in [0.1, 0.15) is 22.3 Å². The summed E-state index contributed by atoms with van der Waals surface area (Å²) < 4.78 is 0. The van der Waals surface area contributed by atoms with Gasteiger partial charge < -0.3 is 0 Å². The molecule has 4 heterocycles. The van der Waals surface area contributed by atoms with Gasteiger partial charge in [-0.25, -0.2) is 0 Å². The molecule has 4 heteroatoms. The van der Waals surface area contributed by atoms with Gasteiger partial charge in [-0.1, -0.05) is 54.6 Å².